The minimum absolute atomic E-state index is 0.0326. The van der Waals surface area contributed by atoms with Crippen LogP contribution in [0.2, 0.25) is 0 Å². The van der Waals surface area contributed by atoms with Crippen LogP contribution in [0.5, 0.6) is 0 Å². The zero-order valence-corrected chi connectivity index (χ0v) is 19.2. The van der Waals surface area contributed by atoms with Gasteiger partial charge in [-0.2, -0.15) is 5.10 Å². The van der Waals surface area contributed by atoms with E-state index in [2.05, 4.69) is 10.2 Å². The van der Waals surface area contributed by atoms with Gasteiger partial charge in [-0.25, -0.2) is 12.8 Å². The van der Waals surface area contributed by atoms with Crippen molar-refractivity contribution in [3.05, 3.63) is 71.7 Å². The molecule has 0 aliphatic heterocycles. The third-order valence-corrected chi connectivity index (χ3v) is 7.13. The molecule has 0 aliphatic rings. The fraction of sp³-hybridized carbons (Fsp3) is 0.333. The number of hydrogen-bond acceptors (Lipinski definition) is 4. The topological polar surface area (TPSA) is 83.1 Å². The van der Waals surface area contributed by atoms with Crippen LogP contribution in [0.3, 0.4) is 0 Å². The van der Waals surface area contributed by atoms with Crippen LogP contribution >= 0.6 is 0 Å². The van der Waals surface area contributed by atoms with Crippen LogP contribution in [0, 0.1) is 5.82 Å². The molecule has 0 radical (unpaired) electrons. The number of sulfone groups is 1. The van der Waals surface area contributed by atoms with Crippen LogP contribution in [-0.2, 0) is 16.3 Å². The highest BCUT2D eigenvalue weighted by atomic mass is 32.2. The highest BCUT2D eigenvalue weighted by Gasteiger charge is 2.15. The molecule has 1 N–H and O–H groups in total. The Morgan fingerprint density at radius 2 is 1.81 bits per heavy atom. The number of hydrogen-bond donors (Lipinski definition) is 1. The first-order valence-corrected chi connectivity index (χ1v) is 12.3. The number of aromatic nitrogens is 2. The number of nitrogens with one attached hydrogen (secondary N) is 1. The van der Waals surface area contributed by atoms with Gasteiger partial charge in [0.05, 0.1) is 16.3 Å². The molecule has 170 valence electrons. The molecule has 3 rings (SSSR count). The molecule has 32 heavy (non-hydrogen) atoms. The maximum Gasteiger partial charge on any atom is 0.253 e. The predicted octanol–water partition coefficient (Wildman–Crippen LogP) is 4.49. The highest BCUT2D eigenvalue weighted by Crippen LogP contribution is 2.19. The molecule has 0 saturated carbocycles. The number of carbonyl (C=O) groups excluding carboxylic acids is 1. The van der Waals surface area contributed by atoms with E-state index in [9.17, 15) is 17.6 Å². The van der Waals surface area contributed by atoms with Crippen molar-refractivity contribution in [1.29, 1.82) is 0 Å². The molecule has 0 saturated heterocycles. The van der Waals surface area contributed by atoms with Crippen molar-refractivity contribution in [2.45, 2.75) is 37.5 Å². The largest absolute Gasteiger partial charge is 0.342 e. The summed E-state index contributed by atoms with van der Waals surface area (Å²) in [6.45, 7) is 2.21. The van der Waals surface area contributed by atoms with Crippen LogP contribution in [0.25, 0.3) is 11.3 Å². The van der Waals surface area contributed by atoms with E-state index in [-0.39, 0.29) is 22.4 Å². The van der Waals surface area contributed by atoms with E-state index in [1.807, 2.05) is 12.1 Å². The summed E-state index contributed by atoms with van der Waals surface area (Å²) in [5, 5.41) is 7.26. The zero-order valence-electron chi connectivity index (χ0n) is 18.3. The van der Waals surface area contributed by atoms with E-state index >= 15 is 0 Å². The first-order chi connectivity index (χ1) is 15.3. The van der Waals surface area contributed by atoms with E-state index in [0.717, 1.165) is 42.6 Å². The molecule has 8 heteroatoms. The second-order valence-electron chi connectivity index (χ2n) is 7.75. The number of H-pyrrole nitrogens is 1. The molecule has 0 spiro atoms. The number of unbranched alkanes of at least 4 members (excludes halogenated alkanes) is 2. The smallest absolute Gasteiger partial charge is 0.253 e. The van der Waals surface area contributed by atoms with E-state index in [1.54, 1.807) is 37.1 Å². The van der Waals surface area contributed by atoms with Gasteiger partial charge in [0.15, 0.2) is 9.84 Å². The maximum absolute atomic E-state index is 13.4. The lowest BCUT2D eigenvalue weighted by Crippen LogP contribution is -2.27. The molecule has 0 aliphatic carbocycles. The number of aromatic amines is 1. The Morgan fingerprint density at radius 3 is 2.50 bits per heavy atom. The molecule has 2 aromatic carbocycles. The minimum atomic E-state index is -3.27. The second-order valence-corrected chi connectivity index (χ2v) is 10.0. The van der Waals surface area contributed by atoms with Crippen LogP contribution in [-0.4, -0.2) is 48.8 Å². The third kappa shape index (κ3) is 6.03. The van der Waals surface area contributed by atoms with Crippen LogP contribution in [0.1, 0.15) is 42.2 Å². The Bertz CT molecular complexity index is 1160. The van der Waals surface area contributed by atoms with Gasteiger partial charge < -0.3 is 4.90 Å². The number of rotatable bonds is 10. The number of carbonyl (C=O) groups is 1. The minimum Gasteiger partial charge on any atom is -0.342 e. The van der Waals surface area contributed by atoms with Crippen molar-refractivity contribution < 1.29 is 17.6 Å². The summed E-state index contributed by atoms with van der Waals surface area (Å²) in [6, 6.07) is 14.4. The first-order valence-electron chi connectivity index (χ1n) is 10.7. The Morgan fingerprint density at radius 1 is 1.06 bits per heavy atom. The van der Waals surface area contributed by atoms with Crippen molar-refractivity contribution in [2.24, 2.45) is 0 Å². The summed E-state index contributed by atoms with van der Waals surface area (Å²) < 4.78 is 37.2. The number of nitrogens with zero attached hydrogens (tertiary/aromatic N) is 2. The normalized spacial score (nSPS) is 11.5. The fourth-order valence-electron chi connectivity index (χ4n) is 3.42. The summed E-state index contributed by atoms with van der Waals surface area (Å²) in [5.41, 5.74) is 2.94. The summed E-state index contributed by atoms with van der Waals surface area (Å²) >= 11 is 0. The lowest BCUT2D eigenvalue weighted by molar-refractivity contribution is 0.0792. The second kappa shape index (κ2) is 10.5. The molecule has 0 fully saturated rings. The van der Waals surface area contributed by atoms with Gasteiger partial charge in [0.2, 0.25) is 0 Å². The van der Waals surface area contributed by atoms with Crippen molar-refractivity contribution in [1.82, 2.24) is 15.1 Å². The van der Waals surface area contributed by atoms with Gasteiger partial charge >= 0.3 is 0 Å². The Kier molecular flexibility index (Phi) is 7.80. The van der Waals surface area contributed by atoms with Crippen molar-refractivity contribution in [2.75, 3.05) is 19.3 Å². The van der Waals surface area contributed by atoms with Crippen molar-refractivity contribution in [3.63, 3.8) is 0 Å². The molecule has 6 nitrogen and oxygen atoms in total. The van der Waals surface area contributed by atoms with Gasteiger partial charge in [0.25, 0.3) is 5.91 Å². The quantitative estimate of drug-likeness (QED) is 0.455. The van der Waals surface area contributed by atoms with Gasteiger partial charge in [0, 0.05) is 30.4 Å². The average Bonchev–Trinajstić information content (AvgIpc) is 3.27. The lowest BCUT2D eigenvalue weighted by atomic mass is 10.1. The van der Waals surface area contributed by atoms with Crippen LogP contribution in [0.4, 0.5) is 4.39 Å². The molecule has 3 aromatic rings. The SMILES string of the molecule is CCS(=O)(=O)c1ccc(C(=O)N(C)CCCCCc2cc(-c3cccc(F)c3)n[nH]2)cc1. The molecule has 1 heterocycles. The number of amides is 1. The Labute approximate surface area is 188 Å². The van der Waals surface area contributed by atoms with E-state index < -0.39 is 9.84 Å². The van der Waals surface area contributed by atoms with Crippen molar-refractivity contribution >= 4 is 15.7 Å². The summed E-state index contributed by atoms with van der Waals surface area (Å²) in [6.07, 6.45) is 3.57. The van der Waals surface area contributed by atoms with Crippen LogP contribution < -0.4 is 0 Å². The lowest BCUT2D eigenvalue weighted by Gasteiger charge is -2.17. The summed E-state index contributed by atoms with van der Waals surface area (Å²) in [4.78, 5) is 14.4. The van der Waals surface area contributed by atoms with Gasteiger partial charge in [0.1, 0.15) is 5.82 Å². The van der Waals surface area contributed by atoms with Crippen molar-refractivity contribution in [3.8, 4) is 11.3 Å². The maximum atomic E-state index is 13.4. The third-order valence-electron chi connectivity index (χ3n) is 5.38. The van der Waals surface area contributed by atoms with Gasteiger partial charge in [-0.15, -0.1) is 0 Å². The molecule has 0 atom stereocenters. The number of halogens is 1. The number of benzene rings is 2. The molecule has 1 amide bonds. The fourth-order valence-corrected chi connectivity index (χ4v) is 4.30. The average molecular weight is 458 g/mol. The first kappa shape index (κ1) is 23.7. The highest BCUT2D eigenvalue weighted by molar-refractivity contribution is 7.91. The molecular formula is C24H28FN3O3S. The monoisotopic (exact) mass is 457 g/mol. The van der Waals surface area contributed by atoms with Crippen LogP contribution in [0.15, 0.2) is 59.5 Å². The molecule has 0 bridgehead atoms. The molecule has 1 aromatic heterocycles. The summed E-state index contributed by atoms with van der Waals surface area (Å²) in [5.74, 6) is -0.378. The van der Waals surface area contributed by atoms with Gasteiger partial charge in [-0.05, 0) is 61.7 Å². The predicted molar refractivity (Wildman–Crippen MR) is 123 cm³/mol. The molecular weight excluding hydrogens is 429 g/mol. The summed E-state index contributed by atoms with van der Waals surface area (Å²) in [7, 11) is -1.52. The standard InChI is InChI=1S/C24H28FN3O3S/c1-3-32(30,31)22-13-11-18(12-14-22)24(29)28(2)15-6-4-5-10-21-17-23(27-26-21)19-8-7-9-20(25)16-19/h7-9,11-14,16-17H,3-6,10,15H2,1-2H3,(H,26,27). The van der Waals surface area contributed by atoms with E-state index in [0.29, 0.717) is 12.1 Å². The number of aryl methyl sites for hydroxylation is 1. The van der Waals surface area contributed by atoms with Gasteiger partial charge in [-0.3, -0.25) is 9.89 Å². The van der Waals surface area contributed by atoms with E-state index in [1.165, 1.54) is 24.3 Å². The van der Waals surface area contributed by atoms with E-state index in [4.69, 9.17) is 0 Å². The Hall–Kier alpha value is -3.00. The Balaban J connectivity index is 1.42. The molecule has 0 unspecified atom stereocenters. The van der Waals surface area contributed by atoms with Gasteiger partial charge in [-0.1, -0.05) is 25.5 Å². The zero-order chi connectivity index (χ0) is 23.1.